The SMILES string of the molecule is C[C@H](CC[C@@H](O)C(C)(C)OC1OC(CO)C(O)C(O)C1O)[C@H]1CC[C@@]2(C)[C@@H]3[C@@H](O)C[C@H]4C(C)(C)C=CC(=O)[C@@]45C[C@@]35CC[C@]12C. The maximum absolute atomic E-state index is 13.7. The van der Waals surface area contributed by atoms with E-state index < -0.39 is 55.1 Å². The van der Waals surface area contributed by atoms with Crippen molar-refractivity contribution in [1.29, 1.82) is 0 Å². The number of ketones is 1. The van der Waals surface area contributed by atoms with Gasteiger partial charge in [-0.1, -0.05) is 40.7 Å². The van der Waals surface area contributed by atoms with Crippen molar-refractivity contribution in [2.24, 2.45) is 50.7 Å². The summed E-state index contributed by atoms with van der Waals surface area (Å²) in [5.74, 6) is 1.32. The third-order valence-electron chi connectivity index (χ3n) is 14.9. The van der Waals surface area contributed by atoms with Gasteiger partial charge in [-0.25, -0.2) is 0 Å². The van der Waals surface area contributed by atoms with E-state index in [-0.39, 0.29) is 38.9 Å². The predicted octanol–water partition coefficient (Wildman–Crippen LogP) is 3.11. The summed E-state index contributed by atoms with van der Waals surface area (Å²) in [4.78, 5) is 13.7. The zero-order chi connectivity index (χ0) is 33.1. The van der Waals surface area contributed by atoms with Crippen LogP contribution in [0.3, 0.4) is 0 Å². The van der Waals surface area contributed by atoms with E-state index in [0.29, 0.717) is 30.5 Å². The third kappa shape index (κ3) is 4.58. The first-order chi connectivity index (χ1) is 20.8. The summed E-state index contributed by atoms with van der Waals surface area (Å²) in [6.45, 7) is 14.4. The van der Waals surface area contributed by atoms with Crippen LogP contribution in [0.25, 0.3) is 0 Å². The van der Waals surface area contributed by atoms with Gasteiger partial charge in [0.2, 0.25) is 0 Å². The second-order valence-corrected chi connectivity index (χ2v) is 17.6. The molecule has 256 valence electrons. The minimum absolute atomic E-state index is 0.0102. The normalized spacial score (nSPS) is 51.5. The molecule has 0 aromatic rings. The number of rotatable bonds is 8. The first-order valence-electron chi connectivity index (χ1n) is 17.4. The molecule has 9 heteroatoms. The molecule has 15 atom stereocenters. The Bertz CT molecular complexity index is 1200. The zero-order valence-electron chi connectivity index (χ0n) is 28.3. The number of carbonyl (C=O) groups is 1. The Kier molecular flexibility index (Phi) is 8.15. The van der Waals surface area contributed by atoms with E-state index in [4.69, 9.17) is 9.47 Å². The topological polar surface area (TPSA) is 157 Å². The molecule has 0 aromatic carbocycles. The molecular weight excluding hydrogens is 576 g/mol. The van der Waals surface area contributed by atoms with Crippen LogP contribution in [-0.4, -0.2) is 91.5 Å². The highest BCUT2D eigenvalue weighted by molar-refractivity contribution is 6.00. The third-order valence-corrected chi connectivity index (χ3v) is 14.9. The molecule has 0 bridgehead atoms. The highest BCUT2D eigenvalue weighted by atomic mass is 16.7. The van der Waals surface area contributed by atoms with Crippen molar-refractivity contribution in [3.05, 3.63) is 12.2 Å². The summed E-state index contributed by atoms with van der Waals surface area (Å²) in [7, 11) is 0. The Labute approximate surface area is 268 Å². The molecule has 6 N–H and O–H groups in total. The number of ether oxygens (including phenoxy) is 2. The van der Waals surface area contributed by atoms with Crippen molar-refractivity contribution >= 4 is 5.78 Å². The van der Waals surface area contributed by atoms with Gasteiger partial charge in [-0.05, 0) is 117 Å². The fourth-order valence-corrected chi connectivity index (χ4v) is 12.1. The standard InChI is InChI=1S/C36H58O9/c1-19(8-9-24(39)32(4,5)45-30-28(43)27(42)26(41)22(17-37)44-30)20-10-13-34(7)29-21(38)16-23-31(2,3)12-11-25(40)36(23)18-35(29,36)15-14-33(20,34)6/h11-12,19-24,26-30,37-39,41-43H,8-10,13-18H2,1-7H3/t19-,20-,21+,22?,23+,24-,26?,27?,28?,29+,30?,33-,34+,35+,36-/m1/s1. The lowest BCUT2D eigenvalue weighted by molar-refractivity contribution is -0.331. The molecule has 5 unspecified atom stereocenters. The lowest BCUT2D eigenvalue weighted by atomic mass is 9.41. The first kappa shape index (κ1) is 34.0. The van der Waals surface area contributed by atoms with Crippen molar-refractivity contribution in [1.82, 2.24) is 0 Å². The van der Waals surface area contributed by atoms with Crippen molar-refractivity contribution in [3.63, 3.8) is 0 Å². The Morgan fingerprint density at radius 2 is 1.69 bits per heavy atom. The first-order valence-corrected chi connectivity index (χ1v) is 17.4. The van der Waals surface area contributed by atoms with Crippen molar-refractivity contribution < 1.29 is 44.9 Å². The average Bonchev–Trinajstić information content (AvgIpc) is 3.57. The number of allylic oxidation sites excluding steroid dienone is 2. The summed E-state index contributed by atoms with van der Waals surface area (Å²) in [6.07, 6.45) is 2.66. The number of carbonyl (C=O) groups excluding carboxylic acids is 1. The molecule has 6 rings (SSSR count). The van der Waals surface area contributed by atoms with E-state index in [1.807, 2.05) is 6.08 Å². The summed E-state index contributed by atoms with van der Waals surface area (Å²) < 4.78 is 11.5. The fraction of sp³-hybridized carbons (Fsp3) is 0.917. The molecule has 9 nitrogen and oxygen atoms in total. The van der Waals surface area contributed by atoms with E-state index in [1.54, 1.807) is 13.8 Å². The van der Waals surface area contributed by atoms with E-state index in [2.05, 4.69) is 40.7 Å². The molecule has 4 saturated carbocycles. The molecule has 45 heavy (non-hydrogen) atoms. The van der Waals surface area contributed by atoms with Gasteiger partial charge in [-0.3, -0.25) is 4.79 Å². The molecule has 1 heterocycles. The highest BCUT2D eigenvalue weighted by Crippen LogP contribution is 2.87. The van der Waals surface area contributed by atoms with Crippen LogP contribution in [0.1, 0.15) is 99.8 Å². The Hall–Kier alpha value is -0.910. The van der Waals surface area contributed by atoms with Gasteiger partial charge in [-0.2, -0.15) is 0 Å². The monoisotopic (exact) mass is 634 g/mol. The van der Waals surface area contributed by atoms with Crippen molar-refractivity contribution in [2.45, 2.75) is 148 Å². The lowest BCUT2D eigenvalue weighted by Crippen LogP contribution is -2.61. The van der Waals surface area contributed by atoms with Crippen LogP contribution in [0.2, 0.25) is 0 Å². The second-order valence-electron chi connectivity index (χ2n) is 17.6. The van der Waals surface area contributed by atoms with Crippen molar-refractivity contribution in [3.8, 4) is 0 Å². The van der Waals surface area contributed by atoms with E-state index >= 15 is 0 Å². The Morgan fingerprint density at radius 1 is 1.00 bits per heavy atom. The van der Waals surface area contributed by atoms with Crippen LogP contribution in [0.4, 0.5) is 0 Å². The van der Waals surface area contributed by atoms with E-state index in [0.717, 1.165) is 38.5 Å². The molecule has 0 aromatic heterocycles. The van der Waals surface area contributed by atoms with Crippen molar-refractivity contribution in [2.75, 3.05) is 6.61 Å². The van der Waals surface area contributed by atoms with E-state index in [9.17, 15) is 35.4 Å². The smallest absolute Gasteiger partial charge is 0.187 e. The molecule has 0 radical (unpaired) electrons. The highest BCUT2D eigenvalue weighted by Gasteiger charge is 2.85. The quantitative estimate of drug-likeness (QED) is 0.236. The van der Waals surface area contributed by atoms with E-state index in [1.165, 1.54) is 0 Å². The van der Waals surface area contributed by atoms with Crippen LogP contribution in [0, 0.1) is 50.7 Å². The Balaban J connectivity index is 1.14. The van der Waals surface area contributed by atoms with Gasteiger partial charge in [0.05, 0.1) is 24.4 Å². The minimum Gasteiger partial charge on any atom is -0.394 e. The van der Waals surface area contributed by atoms with Crippen LogP contribution in [0.15, 0.2) is 12.2 Å². The zero-order valence-corrected chi connectivity index (χ0v) is 28.3. The van der Waals surface area contributed by atoms with Gasteiger partial charge < -0.3 is 40.1 Å². The number of fused-ring (bicyclic) bond motifs is 2. The van der Waals surface area contributed by atoms with Gasteiger partial charge in [0.25, 0.3) is 0 Å². The number of hydrogen-bond donors (Lipinski definition) is 6. The summed E-state index contributed by atoms with van der Waals surface area (Å²) >= 11 is 0. The molecule has 6 aliphatic rings. The van der Waals surface area contributed by atoms with Gasteiger partial charge >= 0.3 is 0 Å². The van der Waals surface area contributed by atoms with Gasteiger partial charge in [0, 0.05) is 5.41 Å². The molecule has 1 aliphatic heterocycles. The molecule has 0 amide bonds. The van der Waals surface area contributed by atoms with Gasteiger partial charge in [-0.15, -0.1) is 0 Å². The average molecular weight is 635 g/mol. The maximum Gasteiger partial charge on any atom is 0.187 e. The summed E-state index contributed by atoms with van der Waals surface area (Å²) in [5, 5.41) is 63.5. The number of aliphatic hydroxyl groups excluding tert-OH is 6. The molecule has 2 spiro atoms. The molecule has 5 aliphatic carbocycles. The number of aliphatic hydroxyl groups is 6. The van der Waals surface area contributed by atoms with Crippen LogP contribution >= 0.6 is 0 Å². The maximum atomic E-state index is 13.7. The lowest BCUT2D eigenvalue weighted by Gasteiger charge is -2.63. The summed E-state index contributed by atoms with van der Waals surface area (Å²) in [6, 6.07) is 0. The minimum atomic E-state index is -1.54. The van der Waals surface area contributed by atoms with Crippen LogP contribution < -0.4 is 0 Å². The molecule has 1 saturated heterocycles. The molecular formula is C36H58O9. The Morgan fingerprint density at radius 3 is 2.36 bits per heavy atom. The fourth-order valence-electron chi connectivity index (χ4n) is 12.1. The number of hydrogen-bond acceptors (Lipinski definition) is 9. The molecule has 5 fully saturated rings. The second kappa shape index (κ2) is 10.8. The van der Waals surface area contributed by atoms with Crippen LogP contribution in [-0.2, 0) is 14.3 Å². The largest absolute Gasteiger partial charge is 0.394 e. The summed E-state index contributed by atoms with van der Waals surface area (Å²) in [5.41, 5.74) is -1.72. The van der Waals surface area contributed by atoms with Crippen LogP contribution in [0.5, 0.6) is 0 Å². The van der Waals surface area contributed by atoms with Gasteiger partial charge in [0.1, 0.15) is 24.4 Å². The van der Waals surface area contributed by atoms with Gasteiger partial charge in [0.15, 0.2) is 12.1 Å². The predicted molar refractivity (Wildman–Crippen MR) is 167 cm³/mol.